The number of carbonyl (C=O) groups excluding carboxylic acids is 3. The van der Waals surface area contributed by atoms with Crippen LogP contribution in [0.5, 0.6) is 0 Å². The van der Waals surface area contributed by atoms with E-state index in [4.69, 9.17) is 4.74 Å². The molecule has 0 spiro atoms. The number of carbonyl (C=O) groups is 3. The topological polar surface area (TPSA) is 87.7 Å². The first-order valence-corrected chi connectivity index (χ1v) is 10.1. The van der Waals surface area contributed by atoms with E-state index in [2.05, 4.69) is 10.6 Å². The van der Waals surface area contributed by atoms with E-state index in [0.717, 1.165) is 17.7 Å². The number of rotatable bonds is 6. The second-order valence-electron chi connectivity index (χ2n) is 8.45. The minimum atomic E-state index is -0.910. The third kappa shape index (κ3) is 3.61. The lowest BCUT2D eigenvalue weighted by Crippen LogP contribution is -2.49. The first kappa shape index (κ1) is 19.8. The van der Waals surface area contributed by atoms with E-state index in [0.29, 0.717) is 31.6 Å². The third-order valence-corrected chi connectivity index (χ3v) is 6.52. The highest BCUT2D eigenvalue weighted by atomic mass is 19.1. The molecule has 156 valence electrons. The predicted octanol–water partition coefficient (Wildman–Crippen LogP) is 1.71. The smallest absolute Gasteiger partial charge is 0.325 e. The Kier molecular flexibility index (Phi) is 5.06. The normalized spacial score (nSPS) is 26.3. The van der Waals surface area contributed by atoms with Gasteiger partial charge in [0.2, 0.25) is 5.91 Å². The number of nitrogens with zero attached hydrogens (tertiary/aromatic N) is 1. The lowest BCUT2D eigenvalue weighted by Gasteiger charge is -2.38. The van der Waals surface area contributed by atoms with Gasteiger partial charge in [0.25, 0.3) is 5.91 Å². The molecule has 3 aliphatic rings. The summed E-state index contributed by atoms with van der Waals surface area (Å²) in [6.45, 7) is 2.57. The maximum atomic E-state index is 14.5. The van der Waals surface area contributed by atoms with Gasteiger partial charge in [-0.15, -0.1) is 0 Å². The van der Waals surface area contributed by atoms with Crippen molar-refractivity contribution in [3.05, 3.63) is 35.6 Å². The molecule has 2 saturated heterocycles. The highest BCUT2D eigenvalue weighted by molar-refractivity contribution is 6.09. The highest BCUT2D eigenvalue weighted by Gasteiger charge is 2.56. The number of nitrogens with one attached hydrogen (secondary N) is 2. The molecule has 3 fully saturated rings. The van der Waals surface area contributed by atoms with Crippen LogP contribution >= 0.6 is 0 Å². The van der Waals surface area contributed by atoms with Crippen molar-refractivity contribution in [3.8, 4) is 0 Å². The molecule has 1 saturated carbocycles. The fourth-order valence-corrected chi connectivity index (χ4v) is 4.46. The van der Waals surface area contributed by atoms with Gasteiger partial charge in [-0.05, 0) is 50.2 Å². The van der Waals surface area contributed by atoms with Crippen LogP contribution in [0.4, 0.5) is 9.18 Å². The second kappa shape index (κ2) is 7.40. The van der Waals surface area contributed by atoms with Crippen LogP contribution in [0.3, 0.4) is 0 Å². The minimum absolute atomic E-state index is 0.138. The van der Waals surface area contributed by atoms with E-state index < -0.39 is 22.9 Å². The van der Waals surface area contributed by atoms with Crippen molar-refractivity contribution < 1.29 is 23.5 Å². The average Bonchev–Trinajstić information content (AvgIpc) is 3.54. The van der Waals surface area contributed by atoms with E-state index in [1.165, 1.54) is 6.07 Å². The zero-order valence-corrected chi connectivity index (χ0v) is 16.5. The zero-order chi connectivity index (χ0) is 20.6. The summed E-state index contributed by atoms with van der Waals surface area (Å²) in [5.41, 5.74) is -0.925. The molecule has 0 aromatic heterocycles. The molecule has 2 aliphatic heterocycles. The number of hydrogen-bond acceptors (Lipinski definition) is 4. The summed E-state index contributed by atoms with van der Waals surface area (Å²) < 4.78 is 19.9. The Bertz CT molecular complexity index is 835. The molecule has 0 bridgehead atoms. The van der Waals surface area contributed by atoms with E-state index in [-0.39, 0.29) is 30.7 Å². The molecular weight excluding hydrogens is 377 g/mol. The van der Waals surface area contributed by atoms with Crippen molar-refractivity contribution in [2.24, 2.45) is 5.92 Å². The Hall–Kier alpha value is -2.48. The van der Waals surface area contributed by atoms with Gasteiger partial charge in [0.05, 0.1) is 0 Å². The van der Waals surface area contributed by atoms with Crippen LogP contribution in [-0.4, -0.2) is 54.6 Å². The van der Waals surface area contributed by atoms with Gasteiger partial charge in [-0.1, -0.05) is 18.2 Å². The molecule has 1 unspecified atom stereocenters. The fraction of sp³-hybridized carbons (Fsp3) is 0.571. The number of urea groups is 1. The molecule has 7 nitrogen and oxygen atoms in total. The van der Waals surface area contributed by atoms with Gasteiger partial charge in [-0.2, -0.15) is 0 Å². The maximum Gasteiger partial charge on any atom is 0.325 e. The minimum Gasteiger partial charge on any atom is -0.381 e. The molecule has 4 rings (SSSR count). The molecule has 1 aromatic carbocycles. The number of amides is 4. The molecule has 1 atom stereocenters. The van der Waals surface area contributed by atoms with Crippen molar-refractivity contribution in [1.82, 2.24) is 15.5 Å². The molecule has 1 aliphatic carbocycles. The standard InChI is InChI=1S/C21H26FN3O4/c1-20(14-6-7-14)18(27)25(19(28)24-20)12-17(26)23-13-21(8-10-29-11-9-21)15-4-2-3-5-16(15)22/h2-5,14H,6-13H2,1H3,(H,23,26)(H,24,28). The van der Waals surface area contributed by atoms with Crippen LogP contribution in [0.1, 0.15) is 38.2 Å². The molecule has 4 amide bonds. The van der Waals surface area contributed by atoms with Crippen LogP contribution in [0, 0.1) is 11.7 Å². The van der Waals surface area contributed by atoms with Gasteiger partial charge >= 0.3 is 6.03 Å². The summed E-state index contributed by atoms with van der Waals surface area (Å²) in [7, 11) is 0. The Morgan fingerprint density at radius 3 is 2.62 bits per heavy atom. The first-order valence-electron chi connectivity index (χ1n) is 10.1. The molecule has 2 heterocycles. The summed E-state index contributed by atoms with van der Waals surface area (Å²) in [5.74, 6) is -0.956. The number of imide groups is 1. The molecule has 2 N–H and O–H groups in total. The fourth-order valence-electron chi connectivity index (χ4n) is 4.46. The van der Waals surface area contributed by atoms with Crippen molar-refractivity contribution in [2.75, 3.05) is 26.3 Å². The van der Waals surface area contributed by atoms with Crippen LogP contribution in [0.2, 0.25) is 0 Å². The molecule has 1 aromatic rings. The van der Waals surface area contributed by atoms with Gasteiger partial charge in [0, 0.05) is 25.2 Å². The van der Waals surface area contributed by atoms with Gasteiger partial charge in [0.1, 0.15) is 17.9 Å². The van der Waals surface area contributed by atoms with E-state index >= 15 is 0 Å². The summed E-state index contributed by atoms with van der Waals surface area (Å²) >= 11 is 0. The number of hydrogen-bond donors (Lipinski definition) is 2. The van der Waals surface area contributed by atoms with Gasteiger partial charge in [0.15, 0.2) is 0 Å². The third-order valence-electron chi connectivity index (χ3n) is 6.52. The number of ether oxygens (including phenoxy) is 1. The number of halogens is 1. The van der Waals surface area contributed by atoms with Crippen LogP contribution in [-0.2, 0) is 19.7 Å². The maximum absolute atomic E-state index is 14.5. The molecule has 29 heavy (non-hydrogen) atoms. The zero-order valence-electron chi connectivity index (χ0n) is 16.5. The van der Waals surface area contributed by atoms with E-state index in [1.807, 2.05) is 0 Å². The van der Waals surface area contributed by atoms with Crippen molar-refractivity contribution in [2.45, 2.75) is 43.6 Å². The van der Waals surface area contributed by atoms with E-state index in [1.54, 1.807) is 25.1 Å². The average molecular weight is 403 g/mol. The van der Waals surface area contributed by atoms with Gasteiger partial charge in [-0.3, -0.25) is 14.5 Å². The Balaban J connectivity index is 1.43. The molecule has 0 radical (unpaired) electrons. The Morgan fingerprint density at radius 1 is 1.28 bits per heavy atom. The SMILES string of the molecule is CC1(C2CC2)NC(=O)N(CC(=O)NCC2(c3ccccc3F)CCOCC2)C1=O. The quantitative estimate of drug-likeness (QED) is 0.708. The predicted molar refractivity (Wildman–Crippen MR) is 103 cm³/mol. The Morgan fingerprint density at radius 2 is 1.97 bits per heavy atom. The summed E-state index contributed by atoms with van der Waals surface area (Å²) in [4.78, 5) is 38.5. The monoisotopic (exact) mass is 403 g/mol. The summed E-state index contributed by atoms with van der Waals surface area (Å²) in [6.07, 6.45) is 2.96. The van der Waals surface area contributed by atoms with Crippen LogP contribution in [0.15, 0.2) is 24.3 Å². The summed E-state index contributed by atoms with van der Waals surface area (Å²) in [5, 5.41) is 5.56. The first-order chi connectivity index (χ1) is 13.9. The number of benzene rings is 1. The Labute approximate surface area is 169 Å². The molecule has 8 heteroatoms. The van der Waals surface area contributed by atoms with Crippen LogP contribution < -0.4 is 10.6 Å². The van der Waals surface area contributed by atoms with Gasteiger partial charge < -0.3 is 15.4 Å². The van der Waals surface area contributed by atoms with Crippen molar-refractivity contribution in [3.63, 3.8) is 0 Å². The molecular formula is C21H26FN3O4. The van der Waals surface area contributed by atoms with Crippen molar-refractivity contribution >= 4 is 17.8 Å². The largest absolute Gasteiger partial charge is 0.381 e. The highest BCUT2D eigenvalue weighted by Crippen LogP contribution is 2.42. The second-order valence-corrected chi connectivity index (χ2v) is 8.45. The lowest BCUT2D eigenvalue weighted by molar-refractivity contribution is -0.135. The summed E-state index contributed by atoms with van der Waals surface area (Å²) in [6, 6.07) is 6.04. The van der Waals surface area contributed by atoms with E-state index in [9.17, 15) is 18.8 Å². The van der Waals surface area contributed by atoms with Crippen molar-refractivity contribution in [1.29, 1.82) is 0 Å². The van der Waals surface area contributed by atoms with Gasteiger partial charge in [-0.25, -0.2) is 9.18 Å². The lowest BCUT2D eigenvalue weighted by atomic mass is 9.74. The van der Waals surface area contributed by atoms with Crippen LogP contribution in [0.25, 0.3) is 0 Å².